The fourth-order valence-corrected chi connectivity index (χ4v) is 19.8. The fourth-order valence-electron chi connectivity index (χ4n) is 9.95. The van der Waals surface area contributed by atoms with Crippen LogP contribution < -0.4 is 34.0 Å². The highest BCUT2D eigenvalue weighted by molar-refractivity contribution is 7.76. The lowest BCUT2D eigenvalue weighted by molar-refractivity contribution is -0.001000. The lowest BCUT2D eigenvalue weighted by Gasteiger charge is -2.29. The zero-order valence-corrected chi connectivity index (χ0v) is 46.6. The van der Waals surface area contributed by atoms with E-state index in [9.17, 15) is 0 Å². The summed E-state index contributed by atoms with van der Waals surface area (Å²) in [6.45, 7) is 14.3. The normalized spacial score (nSPS) is 11.9. The fraction of sp³-hybridized carbons (Fsp3) is 1.00. The second-order valence-electron chi connectivity index (χ2n) is 19.5. The smallest absolute Gasteiger partial charge is 0.0594 e. The van der Waals surface area contributed by atoms with Crippen molar-refractivity contribution >= 4 is 14.5 Å². The van der Waals surface area contributed by atoms with Gasteiger partial charge in [-0.2, -0.15) is 0 Å². The average molecular weight is 985 g/mol. The molecule has 4 heteroatoms. The highest BCUT2D eigenvalue weighted by atomic mass is 79.9. The molecule has 0 heterocycles. The Bertz CT molecular complexity index is 588. The van der Waals surface area contributed by atoms with Crippen LogP contribution in [0.15, 0.2) is 0 Å². The molecule has 0 bridgehead atoms. The molecule has 0 atom stereocenters. The largest absolute Gasteiger partial charge is 1.00 e. The summed E-state index contributed by atoms with van der Waals surface area (Å²) in [6.07, 6.45) is 73.0. The Morgan fingerprint density at radius 3 is 0.379 bits per heavy atom. The van der Waals surface area contributed by atoms with E-state index in [-0.39, 0.29) is 34.0 Å². The first-order valence-corrected chi connectivity index (χ1v) is 32.3. The first-order valence-electron chi connectivity index (χ1n) is 27.3. The molecule has 0 N–H and O–H groups in total. The molecule has 0 spiro atoms. The van der Waals surface area contributed by atoms with Crippen LogP contribution in [0.25, 0.3) is 0 Å². The van der Waals surface area contributed by atoms with Gasteiger partial charge in [0.2, 0.25) is 0 Å². The molecule has 0 nitrogen and oxygen atoms in total. The summed E-state index contributed by atoms with van der Waals surface area (Å²) in [4.78, 5) is 0. The molecule has 0 aromatic heterocycles. The highest BCUT2D eigenvalue weighted by Crippen LogP contribution is 2.63. The standard InChI is InChI=1S/C54H114P2.2BrH/c1-7-13-19-25-31-39-47-55(48-40-32-26-20-14-8-2,49-41-33-27-21-15-9-3)53-45-37-38-46-54-56(50-42-34-28-22-16-10-4,51-43-35-29-23-17-11-5)52-44-36-30-24-18-12-6;;/h7-54H2,1-6H3;2*1H/q+2;;/p-2. The first-order chi connectivity index (χ1) is 27.6. The van der Waals surface area contributed by atoms with E-state index in [0.29, 0.717) is 0 Å². The van der Waals surface area contributed by atoms with Gasteiger partial charge in [0.25, 0.3) is 0 Å². The number of halogens is 2. The van der Waals surface area contributed by atoms with Crippen LogP contribution >= 0.6 is 14.5 Å². The maximum atomic E-state index is 2.38. The monoisotopic (exact) mass is 983 g/mol. The van der Waals surface area contributed by atoms with Crippen LogP contribution in [0.3, 0.4) is 0 Å². The van der Waals surface area contributed by atoms with Gasteiger partial charge in [-0.25, -0.2) is 0 Å². The molecule has 0 aliphatic rings. The predicted octanol–water partition coefficient (Wildman–Crippen LogP) is 14.8. The lowest BCUT2D eigenvalue weighted by Crippen LogP contribution is -3.00. The van der Waals surface area contributed by atoms with E-state index < -0.39 is 14.5 Å². The Kier molecular flexibility index (Phi) is 56.9. The predicted molar refractivity (Wildman–Crippen MR) is 271 cm³/mol. The van der Waals surface area contributed by atoms with Crippen LogP contribution in [0, 0.1) is 0 Å². The minimum atomic E-state index is -0.817. The molecule has 0 aromatic rings. The lowest BCUT2D eigenvalue weighted by atomic mass is 10.1. The van der Waals surface area contributed by atoms with Crippen molar-refractivity contribution in [3.63, 3.8) is 0 Å². The maximum absolute atomic E-state index is 2.38. The molecular formula is C54H114Br2P2. The number of unbranched alkanes of at least 4 members (excludes halogenated alkanes) is 33. The molecule has 0 aliphatic heterocycles. The van der Waals surface area contributed by atoms with Crippen molar-refractivity contribution in [3.05, 3.63) is 0 Å². The summed E-state index contributed by atoms with van der Waals surface area (Å²) >= 11 is 0. The zero-order chi connectivity index (χ0) is 40.9. The van der Waals surface area contributed by atoms with E-state index in [1.807, 2.05) is 0 Å². The summed E-state index contributed by atoms with van der Waals surface area (Å²) in [5, 5.41) is 0. The van der Waals surface area contributed by atoms with Gasteiger partial charge in [-0.05, 0) is 103 Å². The average Bonchev–Trinajstić information content (AvgIpc) is 3.21. The van der Waals surface area contributed by atoms with Crippen molar-refractivity contribution in [1.29, 1.82) is 0 Å². The number of rotatable bonds is 49. The zero-order valence-electron chi connectivity index (χ0n) is 41.6. The topological polar surface area (TPSA) is 0 Å². The summed E-state index contributed by atoms with van der Waals surface area (Å²) in [6, 6.07) is 0. The summed E-state index contributed by atoms with van der Waals surface area (Å²) in [5.41, 5.74) is 0. The highest BCUT2D eigenvalue weighted by Gasteiger charge is 2.36. The van der Waals surface area contributed by atoms with Gasteiger partial charge in [0.1, 0.15) is 0 Å². The Morgan fingerprint density at radius 1 is 0.155 bits per heavy atom. The Morgan fingerprint density at radius 2 is 0.259 bits per heavy atom. The van der Waals surface area contributed by atoms with Crippen molar-refractivity contribution in [2.45, 2.75) is 298 Å². The van der Waals surface area contributed by atoms with E-state index in [0.717, 1.165) is 0 Å². The number of hydrogen-bond donors (Lipinski definition) is 0. The molecule has 0 aromatic carbocycles. The molecule has 0 radical (unpaired) electrons. The van der Waals surface area contributed by atoms with Crippen molar-refractivity contribution < 1.29 is 34.0 Å². The minimum Gasteiger partial charge on any atom is -1.00 e. The van der Waals surface area contributed by atoms with Crippen LogP contribution in [0.2, 0.25) is 0 Å². The third-order valence-electron chi connectivity index (χ3n) is 13.9. The molecule has 0 aliphatic carbocycles. The van der Waals surface area contributed by atoms with E-state index in [1.54, 1.807) is 114 Å². The van der Waals surface area contributed by atoms with Gasteiger partial charge < -0.3 is 34.0 Å². The molecule has 0 amide bonds. The minimum absolute atomic E-state index is 0. The van der Waals surface area contributed by atoms with Crippen LogP contribution in [-0.4, -0.2) is 49.3 Å². The van der Waals surface area contributed by atoms with E-state index in [4.69, 9.17) is 0 Å². The van der Waals surface area contributed by atoms with Crippen molar-refractivity contribution in [1.82, 2.24) is 0 Å². The van der Waals surface area contributed by atoms with Crippen molar-refractivity contribution in [2.75, 3.05) is 49.3 Å². The van der Waals surface area contributed by atoms with Crippen LogP contribution in [0.5, 0.6) is 0 Å². The molecular weight excluding hydrogens is 870 g/mol. The molecule has 0 fully saturated rings. The van der Waals surface area contributed by atoms with Gasteiger partial charge >= 0.3 is 0 Å². The Hall–Kier alpha value is 1.82. The van der Waals surface area contributed by atoms with Gasteiger partial charge in [0.15, 0.2) is 0 Å². The maximum Gasteiger partial charge on any atom is 0.0594 e. The van der Waals surface area contributed by atoms with E-state index >= 15 is 0 Å². The first kappa shape index (κ1) is 64.1. The van der Waals surface area contributed by atoms with Gasteiger partial charge in [-0.3, -0.25) is 0 Å². The molecule has 354 valence electrons. The number of hydrogen-bond acceptors (Lipinski definition) is 0. The van der Waals surface area contributed by atoms with Crippen LogP contribution in [0.1, 0.15) is 298 Å². The molecule has 58 heavy (non-hydrogen) atoms. The second-order valence-corrected chi connectivity index (χ2v) is 28.4. The van der Waals surface area contributed by atoms with Gasteiger partial charge in [0, 0.05) is 14.5 Å². The molecule has 0 saturated heterocycles. The van der Waals surface area contributed by atoms with Gasteiger partial charge in [0.05, 0.1) is 49.3 Å². The molecule has 0 saturated carbocycles. The van der Waals surface area contributed by atoms with Crippen molar-refractivity contribution in [2.24, 2.45) is 0 Å². The third kappa shape index (κ3) is 41.8. The second kappa shape index (κ2) is 51.5. The summed E-state index contributed by atoms with van der Waals surface area (Å²) in [7, 11) is -1.63. The third-order valence-corrected chi connectivity index (χ3v) is 24.1. The van der Waals surface area contributed by atoms with Gasteiger partial charge in [-0.1, -0.05) is 196 Å². The summed E-state index contributed by atoms with van der Waals surface area (Å²) < 4.78 is 0. The SMILES string of the molecule is CCCCCCCC[P+](CCCCCCCC)(CCCCCCCC)CCCCCC[P+](CCCCCCCC)(CCCCCCCC)CCCCCCCC.[Br-].[Br-]. The summed E-state index contributed by atoms with van der Waals surface area (Å²) in [5.74, 6) is 0. The van der Waals surface area contributed by atoms with Crippen LogP contribution in [-0.2, 0) is 0 Å². The Balaban J connectivity index is -0.0000151. The Labute approximate surface area is 393 Å². The van der Waals surface area contributed by atoms with Crippen molar-refractivity contribution in [3.8, 4) is 0 Å². The quantitative estimate of drug-likeness (QED) is 0.0421. The van der Waals surface area contributed by atoms with Crippen LogP contribution in [0.4, 0.5) is 0 Å². The van der Waals surface area contributed by atoms with E-state index in [2.05, 4.69) is 41.5 Å². The van der Waals surface area contributed by atoms with Gasteiger partial charge in [-0.15, -0.1) is 0 Å². The molecule has 0 unspecified atom stereocenters. The molecule has 0 rings (SSSR count). The van der Waals surface area contributed by atoms with E-state index in [1.165, 1.54) is 193 Å².